The maximum absolute atomic E-state index is 11.9. The van der Waals surface area contributed by atoms with Crippen LogP contribution in [0, 0.1) is 6.92 Å². The highest BCUT2D eigenvalue weighted by Gasteiger charge is 2.10. The van der Waals surface area contributed by atoms with Gasteiger partial charge in [-0.25, -0.2) is 5.43 Å². The summed E-state index contributed by atoms with van der Waals surface area (Å²) >= 11 is 6.84. The summed E-state index contributed by atoms with van der Waals surface area (Å²) in [5.41, 5.74) is 11.4. The summed E-state index contributed by atoms with van der Waals surface area (Å²) in [5.74, 6) is 0.227. The van der Waals surface area contributed by atoms with E-state index in [0.717, 1.165) is 20.1 Å². The number of nitrogens with zero attached hydrogens (tertiary/aromatic N) is 1. The van der Waals surface area contributed by atoms with Crippen LogP contribution in [0.3, 0.4) is 0 Å². The van der Waals surface area contributed by atoms with Gasteiger partial charge in [0.05, 0.1) is 14.7 Å². The molecule has 24 heavy (non-hydrogen) atoms. The molecular formula is C17H17Br2N3O2. The van der Waals surface area contributed by atoms with E-state index in [2.05, 4.69) is 42.4 Å². The molecular weight excluding hydrogens is 438 g/mol. The lowest BCUT2D eigenvalue weighted by atomic mass is 10.1. The van der Waals surface area contributed by atoms with Gasteiger partial charge in [-0.3, -0.25) is 4.79 Å². The Kier molecular flexibility index (Phi) is 6.39. The molecule has 2 aromatic carbocycles. The summed E-state index contributed by atoms with van der Waals surface area (Å²) in [6, 6.07) is 11.1. The monoisotopic (exact) mass is 453 g/mol. The standard InChI is InChI=1S/C17H17Br2N3O2/c1-10-6-14(18)17(15(19)7-10)24-9-16(23)22-21-11(2)12-4-3-5-13(20)8-12/h3-8H,9,20H2,1-2H3,(H,22,23)/b21-11+. The van der Waals surface area contributed by atoms with Crippen LogP contribution >= 0.6 is 31.9 Å². The van der Waals surface area contributed by atoms with E-state index < -0.39 is 0 Å². The fourth-order valence-electron chi connectivity index (χ4n) is 1.97. The van der Waals surface area contributed by atoms with E-state index in [1.165, 1.54) is 0 Å². The van der Waals surface area contributed by atoms with E-state index in [1.807, 2.05) is 31.2 Å². The second-order valence-corrected chi connectivity index (χ2v) is 6.91. The highest BCUT2D eigenvalue weighted by atomic mass is 79.9. The van der Waals surface area contributed by atoms with Gasteiger partial charge in [0, 0.05) is 5.69 Å². The molecule has 0 saturated carbocycles. The van der Waals surface area contributed by atoms with Crippen molar-refractivity contribution in [1.29, 1.82) is 0 Å². The number of rotatable bonds is 5. The average molecular weight is 455 g/mol. The van der Waals surface area contributed by atoms with Gasteiger partial charge in [-0.2, -0.15) is 5.10 Å². The molecule has 0 aliphatic heterocycles. The lowest BCUT2D eigenvalue weighted by Crippen LogP contribution is -2.25. The average Bonchev–Trinajstić information content (AvgIpc) is 2.51. The first-order valence-corrected chi connectivity index (χ1v) is 8.73. The molecule has 0 heterocycles. The molecule has 126 valence electrons. The molecule has 0 unspecified atom stereocenters. The number of hydrogen-bond donors (Lipinski definition) is 2. The zero-order valence-electron chi connectivity index (χ0n) is 13.3. The van der Waals surface area contributed by atoms with E-state index in [4.69, 9.17) is 10.5 Å². The molecule has 0 aliphatic carbocycles. The van der Waals surface area contributed by atoms with Gasteiger partial charge in [0.1, 0.15) is 5.75 Å². The Labute approximate surface area is 157 Å². The van der Waals surface area contributed by atoms with Crippen molar-refractivity contribution in [3.8, 4) is 5.75 Å². The highest BCUT2D eigenvalue weighted by molar-refractivity contribution is 9.11. The van der Waals surface area contributed by atoms with E-state index in [-0.39, 0.29) is 12.5 Å². The number of nitrogen functional groups attached to an aromatic ring is 1. The van der Waals surface area contributed by atoms with E-state index in [1.54, 1.807) is 19.1 Å². The number of halogens is 2. The molecule has 0 atom stereocenters. The van der Waals surface area contributed by atoms with Crippen LogP contribution in [0.25, 0.3) is 0 Å². The third-order valence-corrected chi connectivity index (χ3v) is 4.32. The molecule has 5 nitrogen and oxygen atoms in total. The van der Waals surface area contributed by atoms with Crippen LogP contribution in [0.2, 0.25) is 0 Å². The third-order valence-electron chi connectivity index (χ3n) is 3.14. The van der Waals surface area contributed by atoms with Crippen molar-refractivity contribution in [2.45, 2.75) is 13.8 Å². The lowest BCUT2D eigenvalue weighted by molar-refractivity contribution is -0.123. The number of hydrogen-bond acceptors (Lipinski definition) is 4. The van der Waals surface area contributed by atoms with Gasteiger partial charge < -0.3 is 10.5 Å². The Hall–Kier alpha value is -1.86. The molecule has 0 aliphatic rings. The topological polar surface area (TPSA) is 76.7 Å². The predicted octanol–water partition coefficient (Wildman–Crippen LogP) is 4.02. The number of hydrazone groups is 1. The van der Waals surface area contributed by atoms with Crippen molar-refractivity contribution in [3.05, 3.63) is 56.5 Å². The van der Waals surface area contributed by atoms with Crippen molar-refractivity contribution in [1.82, 2.24) is 5.43 Å². The summed E-state index contributed by atoms with van der Waals surface area (Å²) in [6.07, 6.45) is 0. The number of anilines is 1. The number of carbonyl (C=O) groups is 1. The minimum Gasteiger partial charge on any atom is -0.481 e. The summed E-state index contributed by atoms with van der Waals surface area (Å²) in [7, 11) is 0. The fourth-order valence-corrected chi connectivity index (χ4v) is 3.61. The number of carbonyl (C=O) groups excluding carboxylic acids is 1. The van der Waals surface area contributed by atoms with Crippen LogP contribution in [-0.2, 0) is 4.79 Å². The fraction of sp³-hybridized carbons (Fsp3) is 0.176. The van der Waals surface area contributed by atoms with Crippen LogP contribution in [0.5, 0.6) is 5.75 Å². The first kappa shape index (κ1) is 18.5. The van der Waals surface area contributed by atoms with Gasteiger partial charge in [-0.15, -0.1) is 0 Å². The van der Waals surface area contributed by atoms with Crippen molar-refractivity contribution in [3.63, 3.8) is 0 Å². The van der Waals surface area contributed by atoms with Crippen molar-refractivity contribution in [2.24, 2.45) is 5.10 Å². The van der Waals surface area contributed by atoms with E-state index in [0.29, 0.717) is 17.1 Å². The second kappa shape index (κ2) is 8.30. The number of benzene rings is 2. The first-order chi connectivity index (χ1) is 11.4. The van der Waals surface area contributed by atoms with Crippen LogP contribution in [0.4, 0.5) is 5.69 Å². The van der Waals surface area contributed by atoms with Gasteiger partial charge in [0.2, 0.25) is 0 Å². The van der Waals surface area contributed by atoms with Crippen LogP contribution in [0.1, 0.15) is 18.1 Å². The molecule has 2 aromatic rings. The zero-order valence-corrected chi connectivity index (χ0v) is 16.4. The largest absolute Gasteiger partial charge is 0.481 e. The van der Waals surface area contributed by atoms with Gasteiger partial charge in [0.15, 0.2) is 6.61 Å². The number of aryl methyl sites for hydroxylation is 1. The van der Waals surface area contributed by atoms with Gasteiger partial charge in [-0.1, -0.05) is 12.1 Å². The van der Waals surface area contributed by atoms with Gasteiger partial charge in [-0.05, 0) is 81.1 Å². The predicted molar refractivity (Wildman–Crippen MR) is 103 cm³/mol. The van der Waals surface area contributed by atoms with Crippen molar-refractivity contribution < 1.29 is 9.53 Å². The molecule has 0 saturated heterocycles. The maximum Gasteiger partial charge on any atom is 0.277 e. The number of ether oxygens (including phenoxy) is 1. The summed E-state index contributed by atoms with van der Waals surface area (Å²) in [6.45, 7) is 3.62. The van der Waals surface area contributed by atoms with Crippen LogP contribution < -0.4 is 15.9 Å². The minimum atomic E-state index is -0.349. The molecule has 0 bridgehead atoms. The third kappa shape index (κ3) is 5.07. The molecule has 0 radical (unpaired) electrons. The Morgan fingerprint density at radius 2 is 1.92 bits per heavy atom. The Balaban J connectivity index is 1.96. The lowest BCUT2D eigenvalue weighted by Gasteiger charge is -2.10. The SMILES string of the molecule is C/C(=N\NC(=O)COc1c(Br)cc(C)cc1Br)c1cccc(N)c1. The van der Waals surface area contributed by atoms with Gasteiger partial charge in [0.25, 0.3) is 5.91 Å². The summed E-state index contributed by atoms with van der Waals surface area (Å²) < 4.78 is 7.10. The molecule has 7 heteroatoms. The molecule has 0 aromatic heterocycles. The van der Waals surface area contributed by atoms with E-state index in [9.17, 15) is 4.79 Å². The highest BCUT2D eigenvalue weighted by Crippen LogP contribution is 2.34. The normalized spacial score (nSPS) is 11.2. The molecule has 0 spiro atoms. The first-order valence-electron chi connectivity index (χ1n) is 7.14. The smallest absolute Gasteiger partial charge is 0.277 e. The number of nitrogens with one attached hydrogen (secondary N) is 1. The van der Waals surface area contributed by atoms with Crippen LogP contribution in [-0.4, -0.2) is 18.2 Å². The molecule has 2 rings (SSSR count). The van der Waals surface area contributed by atoms with Gasteiger partial charge >= 0.3 is 0 Å². The maximum atomic E-state index is 11.9. The number of amides is 1. The summed E-state index contributed by atoms with van der Waals surface area (Å²) in [5, 5.41) is 4.06. The molecule has 3 N–H and O–H groups in total. The number of nitrogens with two attached hydrogens (primary N) is 1. The van der Waals surface area contributed by atoms with Crippen molar-refractivity contribution in [2.75, 3.05) is 12.3 Å². The zero-order chi connectivity index (χ0) is 17.7. The molecule has 1 amide bonds. The van der Waals surface area contributed by atoms with Crippen LogP contribution in [0.15, 0.2) is 50.4 Å². The van der Waals surface area contributed by atoms with Crippen molar-refractivity contribution >= 4 is 49.2 Å². The Bertz CT molecular complexity index is 768. The minimum absolute atomic E-state index is 0.145. The quantitative estimate of drug-likeness (QED) is 0.407. The Morgan fingerprint density at radius 1 is 1.25 bits per heavy atom. The molecule has 0 fully saturated rings. The van der Waals surface area contributed by atoms with E-state index >= 15 is 0 Å². The second-order valence-electron chi connectivity index (χ2n) is 5.20. The summed E-state index contributed by atoms with van der Waals surface area (Å²) in [4.78, 5) is 11.9. The Morgan fingerprint density at radius 3 is 2.54 bits per heavy atom.